The minimum absolute atomic E-state index is 0.158. The quantitative estimate of drug-likeness (QED) is 0.889. The number of piperazine rings is 1. The molecule has 0 aromatic heterocycles. The van der Waals surface area contributed by atoms with Crippen molar-refractivity contribution in [3.63, 3.8) is 0 Å². The van der Waals surface area contributed by atoms with Gasteiger partial charge in [0.05, 0.1) is 10.0 Å². The molecule has 2 aliphatic heterocycles. The predicted octanol–water partition coefficient (Wildman–Crippen LogP) is 2.65. The Balaban J connectivity index is 1.97. The Morgan fingerprint density at radius 2 is 1.67 bits per heavy atom. The van der Waals surface area contributed by atoms with Crippen LogP contribution in [0.25, 0.3) is 0 Å². The van der Waals surface area contributed by atoms with Crippen molar-refractivity contribution in [3.8, 4) is 0 Å². The van der Waals surface area contributed by atoms with E-state index >= 15 is 0 Å². The number of hydrogen-bond donors (Lipinski definition) is 1. The lowest BCUT2D eigenvalue weighted by molar-refractivity contribution is 0.190. The van der Waals surface area contributed by atoms with E-state index in [1.165, 1.54) is 4.31 Å². The van der Waals surface area contributed by atoms with Crippen LogP contribution in [0.15, 0.2) is 17.0 Å². The molecule has 1 aromatic rings. The van der Waals surface area contributed by atoms with E-state index in [0.29, 0.717) is 13.1 Å². The van der Waals surface area contributed by atoms with Gasteiger partial charge in [0.15, 0.2) is 0 Å². The van der Waals surface area contributed by atoms with Crippen molar-refractivity contribution in [3.05, 3.63) is 28.0 Å². The van der Waals surface area contributed by atoms with Crippen LogP contribution >= 0.6 is 23.2 Å². The summed E-state index contributed by atoms with van der Waals surface area (Å²) in [6.07, 6.45) is 3.01. The first-order valence-electron chi connectivity index (χ1n) is 6.78. The molecule has 1 N–H and O–H groups in total. The minimum atomic E-state index is -3.82. The van der Waals surface area contributed by atoms with Crippen LogP contribution in [-0.4, -0.2) is 37.9 Å². The summed E-state index contributed by atoms with van der Waals surface area (Å²) in [5.41, 5.74) is 0. The van der Waals surface area contributed by atoms with Gasteiger partial charge in [-0.25, -0.2) is 12.8 Å². The standard InChI is InChI=1S/C13H15Cl2FN2O2S/c14-11-4-8(16)5-12(15)13(11)21(19,20)18-6-9-2-1-3-10(7-18)17-9/h4-5,9-10,17H,1-3,6-7H2. The largest absolute Gasteiger partial charge is 0.309 e. The van der Waals surface area contributed by atoms with Crippen molar-refractivity contribution in [2.24, 2.45) is 0 Å². The normalized spacial score (nSPS) is 26.8. The monoisotopic (exact) mass is 352 g/mol. The number of hydrogen-bond acceptors (Lipinski definition) is 3. The lowest BCUT2D eigenvalue weighted by Gasteiger charge is -2.41. The molecule has 2 fully saturated rings. The number of halogens is 3. The van der Waals surface area contributed by atoms with Crippen LogP contribution in [0.3, 0.4) is 0 Å². The van der Waals surface area contributed by atoms with Gasteiger partial charge in [-0.15, -0.1) is 0 Å². The second-order valence-electron chi connectivity index (χ2n) is 5.51. The van der Waals surface area contributed by atoms with E-state index in [0.717, 1.165) is 31.4 Å². The van der Waals surface area contributed by atoms with Crippen LogP contribution in [-0.2, 0) is 10.0 Å². The highest BCUT2D eigenvalue weighted by Gasteiger charge is 2.38. The van der Waals surface area contributed by atoms with Crippen molar-refractivity contribution in [1.29, 1.82) is 0 Å². The summed E-state index contributed by atoms with van der Waals surface area (Å²) in [7, 11) is -3.82. The maximum absolute atomic E-state index is 13.2. The number of fused-ring (bicyclic) bond motifs is 2. The molecule has 21 heavy (non-hydrogen) atoms. The molecule has 1 aromatic carbocycles. The number of benzene rings is 1. The fourth-order valence-electron chi connectivity index (χ4n) is 3.07. The fraction of sp³-hybridized carbons (Fsp3) is 0.538. The van der Waals surface area contributed by atoms with Crippen LogP contribution < -0.4 is 5.32 Å². The SMILES string of the molecule is O=S(=O)(c1c(Cl)cc(F)cc1Cl)N1CC2CCCC(C1)N2. The van der Waals surface area contributed by atoms with E-state index in [1.54, 1.807) is 0 Å². The van der Waals surface area contributed by atoms with Crippen molar-refractivity contribution in [1.82, 2.24) is 9.62 Å². The van der Waals surface area contributed by atoms with E-state index in [-0.39, 0.29) is 27.0 Å². The van der Waals surface area contributed by atoms with Gasteiger partial charge < -0.3 is 5.32 Å². The Morgan fingerprint density at radius 1 is 1.14 bits per heavy atom. The highest BCUT2D eigenvalue weighted by Crippen LogP contribution is 2.34. The Labute approximate surface area is 133 Å². The summed E-state index contributed by atoms with van der Waals surface area (Å²) in [4.78, 5) is -0.202. The number of sulfonamides is 1. The van der Waals surface area contributed by atoms with Gasteiger partial charge >= 0.3 is 0 Å². The zero-order chi connectivity index (χ0) is 15.2. The van der Waals surface area contributed by atoms with Crippen LogP contribution in [0.1, 0.15) is 19.3 Å². The Morgan fingerprint density at radius 3 is 2.19 bits per heavy atom. The molecule has 2 unspecified atom stereocenters. The Kier molecular flexibility index (Phi) is 4.18. The fourth-order valence-corrected chi connectivity index (χ4v) is 5.73. The molecule has 3 rings (SSSR count). The van der Waals surface area contributed by atoms with Gasteiger partial charge in [-0.05, 0) is 25.0 Å². The topological polar surface area (TPSA) is 49.4 Å². The first-order valence-corrected chi connectivity index (χ1v) is 8.98. The third kappa shape index (κ3) is 2.92. The van der Waals surface area contributed by atoms with E-state index in [1.807, 2.05) is 0 Å². The van der Waals surface area contributed by atoms with Gasteiger partial charge in [-0.1, -0.05) is 29.6 Å². The number of nitrogens with one attached hydrogen (secondary N) is 1. The van der Waals surface area contributed by atoms with Crippen molar-refractivity contribution >= 4 is 33.2 Å². The molecule has 0 amide bonds. The van der Waals surface area contributed by atoms with Crippen LogP contribution in [0.2, 0.25) is 10.0 Å². The van der Waals surface area contributed by atoms with E-state index in [4.69, 9.17) is 23.2 Å². The second-order valence-corrected chi connectivity index (χ2v) is 8.20. The molecule has 116 valence electrons. The van der Waals surface area contributed by atoms with Crippen LogP contribution in [0, 0.1) is 5.82 Å². The van der Waals surface area contributed by atoms with Crippen molar-refractivity contribution in [2.45, 2.75) is 36.2 Å². The summed E-state index contributed by atoms with van der Waals surface area (Å²) in [6, 6.07) is 2.27. The summed E-state index contributed by atoms with van der Waals surface area (Å²) >= 11 is 11.8. The molecule has 2 bridgehead atoms. The smallest absolute Gasteiger partial charge is 0.246 e. The molecule has 0 spiro atoms. The molecule has 2 saturated heterocycles. The summed E-state index contributed by atoms with van der Waals surface area (Å²) < 4.78 is 40.2. The average Bonchev–Trinajstić information content (AvgIpc) is 2.36. The number of nitrogens with zero attached hydrogens (tertiary/aromatic N) is 1. The van der Waals surface area contributed by atoms with E-state index in [2.05, 4.69) is 5.32 Å². The van der Waals surface area contributed by atoms with Gasteiger partial charge in [0.2, 0.25) is 10.0 Å². The molecule has 4 nitrogen and oxygen atoms in total. The lowest BCUT2D eigenvalue weighted by Crippen LogP contribution is -2.59. The van der Waals surface area contributed by atoms with E-state index in [9.17, 15) is 12.8 Å². The predicted molar refractivity (Wildman–Crippen MR) is 79.7 cm³/mol. The zero-order valence-electron chi connectivity index (χ0n) is 11.2. The molecule has 2 aliphatic rings. The van der Waals surface area contributed by atoms with Crippen LogP contribution in [0.4, 0.5) is 4.39 Å². The third-order valence-electron chi connectivity index (χ3n) is 3.99. The highest BCUT2D eigenvalue weighted by atomic mass is 35.5. The van der Waals surface area contributed by atoms with Gasteiger partial charge in [0.25, 0.3) is 0 Å². The lowest BCUT2D eigenvalue weighted by atomic mass is 9.96. The van der Waals surface area contributed by atoms with Gasteiger partial charge in [0.1, 0.15) is 10.7 Å². The number of rotatable bonds is 2. The molecular formula is C13H15Cl2FN2O2S. The van der Waals surface area contributed by atoms with Gasteiger partial charge in [-0.3, -0.25) is 0 Å². The van der Waals surface area contributed by atoms with Crippen molar-refractivity contribution in [2.75, 3.05) is 13.1 Å². The first-order chi connectivity index (χ1) is 9.88. The van der Waals surface area contributed by atoms with Gasteiger partial charge in [0, 0.05) is 25.2 Å². The van der Waals surface area contributed by atoms with Crippen LogP contribution in [0.5, 0.6) is 0 Å². The molecule has 2 atom stereocenters. The minimum Gasteiger partial charge on any atom is -0.309 e. The molecular weight excluding hydrogens is 338 g/mol. The molecule has 0 saturated carbocycles. The zero-order valence-corrected chi connectivity index (χ0v) is 13.5. The second kappa shape index (κ2) is 5.66. The first kappa shape index (κ1) is 15.5. The molecule has 0 aliphatic carbocycles. The third-order valence-corrected chi connectivity index (χ3v) is 6.74. The average molecular weight is 353 g/mol. The summed E-state index contributed by atoms with van der Waals surface area (Å²) in [5, 5.41) is 3.06. The summed E-state index contributed by atoms with van der Waals surface area (Å²) in [5.74, 6) is -0.652. The van der Waals surface area contributed by atoms with E-state index < -0.39 is 15.8 Å². The maximum Gasteiger partial charge on any atom is 0.246 e. The Hall–Kier alpha value is -0.400. The Bertz CT molecular complexity index is 633. The summed E-state index contributed by atoms with van der Waals surface area (Å²) in [6.45, 7) is 0.783. The van der Waals surface area contributed by atoms with Crippen molar-refractivity contribution < 1.29 is 12.8 Å². The highest BCUT2D eigenvalue weighted by molar-refractivity contribution is 7.89. The maximum atomic E-state index is 13.2. The molecule has 8 heteroatoms. The van der Waals surface area contributed by atoms with Gasteiger partial charge in [-0.2, -0.15) is 4.31 Å². The number of piperidine rings is 1. The molecule has 0 radical (unpaired) electrons. The molecule has 2 heterocycles.